The van der Waals surface area contributed by atoms with Gasteiger partial charge in [-0.3, -0.25) is 4.79 Å². The largest absolute Gasteiger partial charge is 0.507 e. The molecular formula is C19H15FO4. The zero-order chi connectivity index (χ0) is 17.3. The molecule has 1 N–H and O–H groups in total. The van der Waals surface area contributed by atoms with Gasteiger partial charge >= 0.3 is 5.63 Å². The number of Topliss-reactive ketones (excluding diaryl/α,β-unsaturated/α-hetero) is 1. The smallest absolute Gasteiger partial charge is 0.343 e. The summed E-state index contributed by atoms with van der Waals surface area (Å²) < 4.78 is 18.5. The lowest BCUT2D eigenvalue weighted by Gasteiger charge is -2.17. The zero-order valence-corrected chi connectivity index (χ0v) is 13.0. The minimum Gasteiger partial charge on any atom is -0.507 e. The van der Waals surface area contributed by atoms with Crippen LogP contribution in [0.3, 0.4) is 0 Å². The maximum absolute atomic E-state index is 13.2. The first-order chi connectivity index (χ1) is 11.5. The maximum Gasteiger partial charge on any atom is 0.343 e. The van der Waals surface area contributed by atoms with Gasteiger partial charge in [-0.15, -0.1) is 0 Å². The minimum atomic E-state index is -0.707. The average molecular weight is 326 g/mol. The first-order valence-corrected chi connectivity index (χ1v) is 7.47. The van der Waals surface area contributed by atoms with Gasteiger partial charge in [-0.2, -0.15) is 0 Å². The number of fused-ring (bicyclic) bond motifs is 1. The van der Waals surface area contributed by atoms with Gasteiger partial charge < -0.3 is 9.52 Å². The summed E-state index contributed by atoms with van der Waals surface area (Å²) in [6, 6.07) is 12.1. The summed E-state index contributed by atoms with van der Waals surface area (Å²) in [4.78, 5) is 24.1. The fraction of sp³-hybridized carbons (Fsp3) is 0.158. The molecule has 0 spiro atoms. The van der Waals surface area contributed by atoms with Gasteiger partial charge in [-0.05, 0) is 36.8 Å². The summed E-state index contributed by atoms with van der Waals surface area (Å²) in [7, 11) is 0. The Morgan fingerprint density at radius 1 is 1.17 bits per heavy atom. The highest BCUT2D eigenvalue weighted by Gasteiger charge is 2.25. The molecule has 4 nitrogen and oxygen atoms in total. The molecule has 24 heavy (non-hydrogen) atoms. The molecule has 2 aromatic carbocycles. The molecule has 0 saturated heterocycles. The molecule has 0 radical (unpaired) electrons. The quantitative estimate of drug-likeness (QED) is 0.742. The molecule has 1 unspecified atom stereocenters. The van der Waals surface area contributed by atoms with E-state index in [0.717, 1.165) is 0 Å². The Bertz CT molecular complexity index is 957. The summed E-state index contributed by atoms with van der Waals surface area (Å²) in [5, 5.41) is 11.0. The van der Waals surface area contributed by atoms with Crippen LogP contribution in [0.15, 0.2) is 57.7 Å². The molecule has 0 amide bonds. The van der Waals surface area contributed by atoms with E-state index >= 15 is 0 Å². The second kappa shape index (κ2) is 6.28. The Kier molecular flexibility index (Phi) is 4.16. The van der Waals surface area contributed by atoms with Crippen LogP contribution in [0, 0.1) is 5.82 Å². The van der Waals surface area contributed by atoms with Gasteiger partial charge in [0, 0.05) is 12.3 Å². The van der Waals surface area contributed by atoms with Crippen molar-refractivity contribution in [2.24, 2.45) is 0 Å². The number of aromatic hydroxyl groups is 1. The van der Waals surface area contributed by atoms with E-state index in [2.05, 4.69) is 0 Å². The predicted molar refractivity (Wildman–Crippen MR) is 87.7 cm³/mol. The molecule has 0 aliphatic heterocycles. The van der Waals surface area contributed by atoms with Crippen LogP contribution in [0.1, 0.15) is 30.4 Å². The third kappa shape index (κ3) is 2.93. The molecule has 0 bridgehead atoms. The van der Waals surface area contributed by atoms with E-state index in [1.54, 1.807) is 24.3 Å². The number of hydrogen-bond acceptors (Lipinski definition) is 4. The van der Waals surface area contributed by atoms with E-state index in [1.807, 2.05) is 0 Å². The molecule has 0 fully saturated rings. The van der Waals surface area contributed by atoms with Gasteiger partial charge in [0.15, 0.2) is 0 Å². The number of ketones is 1. The van der Waals surface area contributed by atoms with Gasteiger partial charge in [-0.25, -0.2) is 9.18 Å². The molecule has 0 aliphatic carbocycles. The van der Waals surface area contributed by atoms with Crippen molar-refractivity contribution in [3.63, 3.8) is 0 Å². The van der Waals surface area contributed by atoms with Gasteiger partial charge in [-0.1, -0.05) is 24.3 Å². The lowest BCUT2D eigenvalue weighted by Crippen LogP contribution is -2.16. The van der Waals surface area contributed by atoms with E-state index in [0.29, 0.717) is 10.9 Å². The van der Waals surface area contributed by atoms with Crippen LogP contribution in [-0.4, -0.2) is 10.9 Å². The Labute approximate surface area is 137 Å². The molecule has 1 atom stereocenters. The van der Waals surface area contributed by atoms with E-state index in [4.69, 9.17) is 4.42 Å². The highest BCUT2D eigenvalue weighted by Crippen LogP contribution is 2.36. The standard InChI is InChI=1S/C19H15FO4/c1-11(21)10-15(12-6-8-13(20)9-7-12)17-18(22)14-4-2-3-5-16(14)24-19(17)23/h2-9,15,22H,10H2,1H3. The lowest BCUT2D eigenvalue weighted by atomic mass is 9.87. The minimum absolute atomic E-state index is 0.00227. The van der Waals surface area contributed by atoms with E-state index in [-0.39, 0.29) is 29.1 Å². The van der Waals surface area contributed by atoms with Crippen LogP contribution >= 0.6 is 0 Å². The third-order valence-corrected chi connectivity index (χ3v) is 3.93. The topological polar surface area (TPSA) is 67.5 Å². The molecule has 0 saturated carbocycles. The van der Waals surface area contributed by atoms with E-state index in [1.165, 1.54) is 31.2 Å². The molecule has 0 aliphatic rings. The van der Waals surface area contributed by atoms with Crippen molar-refractivity contribution in [1.29, 1.82) is 0 Å². The second-order valence-electron chi connectivity index (χ2n) is 5.66. The second-order valence-corrected chi connectivity index (χ2v) is 5.66. The Balaban J connectivity index is 2.24. The number of benzene rings is 2. The third-order valence-electron chi connectivity index (χ3n) is 3.93. The van der Waals surface area contributed by atoms with Crippen LogP contribution in [0.2, 0.25) is 0 Å². The summed E-state index contributed by atoms with van der Waals surface area (Å²) >= 11 is 0. The van der Waals surface area contributed by atoms with Gasteiger partial charge in [0.1, 0.15) is 22.9 Å². The Morgan fingerprint density at radius 3 is 2.50 bits per heavy atom. The number of hydrogen-bond donors (Lipinski definition) is 1. The summed E-state index contributed by atoms with van der Waals surface area (Å²) in [5.41, 5.74) is 0.131. The normalized spacial score (nSPS) is 12.2. The van der Waals surface area contributed by atoms with Crippen molar-refractivity contribution in [3.05, 3.63) is 75.9 Å². The number of para-hydroxylation sites is 1. The van der Waals surface area contributed by atoms with Crippen molar-refractivity contribution in [1.82, 2.24) is 0 Å². The fourth-order valence-corrected chi connectivity index (χ4v) is 2.82. The summed E-state index contributed by atoms with van der Waals surface area (Å²) in [6.45, 7) is 1.40. The van der Waals surface area contributed by atoms with Crippen LogP contribution in [0.5, 0.6) is 5.75 Å². The molecular weight excluding hydrogens is 311 g/mol. The SMILES string of the molecule is CC(=O)CC(c1ccc(F)cc1)c1c(O)c2ccccc2oc1=O. The Hall–Kier alpha value is -2.95. The Morgan fingerprint density at radius 2 is 1.83 bits per heavy atom. The van der Waals surface area contributed by atoms with Gasteiger partial charge in [0.05, 0.1) is 10.9 Å². The number of carbonyl (C=O) groups excluding carboxylic acids is 1. The van der Waals surface area contributed by atoms with E-state index in [9.17, 15) is 19.1 Å². The molecule has 3 aromatic rings. The van der Waals surface area contributed by atoms with Crippen LogP contribution in [-0.2, 0) is 4.79 Å². The predicted octanol–water partition coefficient (Wildman–Crippen LogP) is 3.75. The molecule has 122 valence electrons. The first-order valence-electron chi connectivity index (χ1n) is 7.47. The summed E-state index contributed by atoms with van der Waals surface area (Å²) in [5.74, 6) is -1.49. The van der Waals surface area contributed by atoms with Crippen molar-refractivity contribution in [2.45, 2.75) is 19.3 Å². The van der Waals surface area contributed by atoms with Crippen molar-refractivity contribution in [2.75, 3.05) is 0 Å². The molecule has 1 heterocycles. The number of carbonyl (C=O) groups is 1. The maximum atomic E-state index is 13.2. The number of rotatable bonds is 4. The summed E-state index contributed by atoms with van der Waals surface area (Å²) in [6.07, 6.45) is 0.00227. The monoisotopic (exact) mass is 326 g/mol. The molecule has 5 heteroatoms. The van der Waals surface area contributed by atoms with Crippen molar-refractivity contribution in [3.8, 4) is 5.75 Å². The highest BCUT2D eigenvalue weighted by atomic mass is 19.1. The molecule has 1 aromatic heterocycles. The van der Waals surface area contributed by atoms with Crippen molar-refractivity contribution < 1.29 is 18.7 Å². The van der Waals surface area contributed by atoms with E-state index < -0.39 is 17.4 Å². The van der Waals surface area contributed by atoms with Crippen LogP contribution in [0.4, 0.5) is 4.39 Å². The van der Waals surface area contributed by atoms with Crippen molar-refractivity contribution >= 4 is 16.8 Å². The zero-order valence-electron chi connectivity index (χ0n) is 13.0. The fourth-order valence-electron chi connectivity index (χ4n) is 2.82. The first kappa shape index (κ1) is 15.9. The average Bonchev–Trinajstić information content (AvgIpc) is 2.54. The lowest BCUT2D eigenvalue weighted by molar-refractivity contribution is -0.117. The van der Waals surface area contributed by atoms with Crippen LogP contribution < -0.4 is 5.63 Å². The number of halogens is 1. The van der Waals surface area contributed by atoms with Crippen LogP contribution in [0.25, 0.3) is 11.0 Å². The molecule has 3 rings (SSSR count). The van der Waals surface area contributed by atoms with Gasteiger partial charge in [0.25, 0.3) is 0 Å². The highest BCUT2D eigenvalue weighted by molar-refractivity contribution is 5.85. The van der Waals surface area contributed by atoms with Gasteiger partial charge in [0.2, 0.25) is 0 Å².